The van der Waals surface area contributed by atoms with Gasteiger partial charge in [0, 0.05) is 29.4 Å². The van der Waals surface area contributed by atoms with Gasteiger partial charge >= 0.3 is 0 Å². The minimum atomic E-state index is -0.198. The molecule has 3 N–H and O–H groups in total. The van der Waals surface area contributed by atoms with E-state index in [0.717, 1.165) is 18.8 Å². The van der Waals surface area contributed by atoms with Crippen molar-refractivity contribution >= 4 is 34.6 Å². The summed E-state index contributed by atoms with van der Waals surface area (Å²) in [7, 11) is 0. The van der Waals surface area contributed by atoms with E-state index in [4.69, 9.17) is 17.3 Å². The lowest BCUT2D eigenvalue weighted by atomic mass is 10.2. The molecule has 2 aromatic rings. The molecule has 0 aromatic heterocycles. The van der Waals surface area contributed by atoms with Gasteiger partial charge in [-0.2, -0.15) is 0 Å². The highest BCUT2D eigenvalue weighted by atomic mass is 35.5. The van der Waals surface area contributed by atoms with Gasteiger partial charge in [-0.25, -0.2) is 0 Å². The van der Waals surface area contributed by atoms with Crippen molar-refractivity contribution in [3.63, 3.8) is 0 Å². The molecule has 0 bridgehead atoms. The van der Waals surface area contributed by atoms with Crippen LogP contribution in [-0.4, -0.2) is 19.0 Å². The second-order valence-electron chi connectivity index (χ2n) is 5.43. The Morgan fingerprint density at radius 1 is 1.14 bits per heavy atom. The quantitative estimate of drug-likeness (QED) is 0.848. The summed E-state index contributed by atoms with van der Waals surface area (Å²) < 4.78 is 0. The number of hydrogen-bond donors (Lipinski definition) is 2. The van der Waals surface area contributed by atoms with Crippen LogP contribution in [0.1, 0.15) is 23.2 Å². The fourth-order valence-electron chi connectivity index (χ4n) is 2.71. The molecule has 0 radical (unpaired) electrons. The van der Waals surface area contributed by atoms with Crippen molar-refractivity contribution in [3.05, 3.63) is 53.1 Å². The van der Waals surface area contributed by atoms with Gasteiger partial charge in [0.2, 0.25) is 0 Å². The Balaban J connectivity index is 1.75. The number of halogens is 1. The molecule has 0 aliphatic carbocycles. The zero-order valence-corrected chi connectivity index (χ0v) is 12.9. The average Bonchev–Trinajstić information content (AvgIpc) is 3.01. The molecule has 114 valence electrons. The number of carbonyl (C=O) groups excluding carboxylic acids is 1. The lowest BCUT2D eigenvalue weighted by Gasteiger charge is -2.20. The monoisotopic (exact) mass is 315 g/mol. The van der Waals surface area contributed by atoms with Gasteiger partial charge in [-0.1, -0.05) is 17.7 Å². The number of nitrogens with two attached hydrogens (primary N) is 1. The summed E-state index contributed by atoms with van der Waals surface area (Å²) >= 11 is 5.91. The molecule has 0 saturated carbocycles. The van der Waals surface area contributed by atoms with E-state index in [1.54, 1.807) is 30.3 Å². The summed E-state index contributed by atoms with van der Waals surface area (Å²) in [5.41, 5.74) is 9.06. The summed E-state index contributed by atoms with van der Waals surface area (Å²) in [5, 5.41) is 3.39. The van der Waals surface area contributed by atoms with Crippen molar-refractivity contribution < 1.29 is 4.79 Å². The first kappa shape index (κ1) is 14.7. The van der Waals surface area contributed by atoms with Crippen molar-refractivity contribution in [2.75, 3.05) is 29.0 Å². The van der Waals surface area contributed by atoms with E-state index in [1.807, 2.05) is 12.1 Å². The normalized spacial score (nSPS) is 14.1. The van der Waals surface area contributed by atoms with Crippen LogP contribution in [0.3, 0.4) is 0 Å². The van der Waals surface area contributed by atoms with Gasteiger partial charge in [0.1, 0.15) is 0 Å². The lowest BCUT2D eigenvalue weighted by molar-refractivity contribution is 0.102. The van der Waals surface area contributed by atoms with Crippen molar-refractivity contribution in [2.24, 2.45) is 0 Å². The zero-order chi connectivity index (χ0) is 15.5. The highest BCUT2D eigenvalue weighted by Crippen LogP contribution is 2.29. The van der Waals surface area contributed by atoms with Crippen molar-refractivity contribution in [1.82, 2.24) is 0 Å². The predicted octanol–water partition coefficient (Wildman–Crippen LogP) is 3.77. The fourth-order valence-corrected chi connectivity index (χ4v) is 2.90. The van der Waals surface area contributed by atoms with E-state index in [1.165, 1.54) is 12.8 Å². The Kier molecular flexibility index (Phi) is 4.20. The summed E-state index contributed by atoms with van der Waals surface area (Å²) in [5.74, 6) is -0.198. The summed E-state index contributed by atoms with van der Waals surface area (Å²) in [4.78, 5) is 14.5. The maximum atomic E-state index is 12.2. The molecule has 1 saturated heterocycles. The minimum Gasteiger partial charge on any atom is -0.397 e. The maximum absolute atomic E-state index is 12.2. The van der Waals surface area contributed by atoms with E-state index in [9.17, 15) is 4.79 Å². The van der Waals surface area contributed by atoms with E-state index in [2.05, 4.69) is 10.2 Å². The van der Waals surface area contributed by atoms with Gasteiger partial charge in [0.25, 0.3) is 5.91 Å². The van der Waals surface area contributed by atoms with E-state index >= 15 is 0 Å². The Hall–Kier alpha value is -2.20. The fraction of sp³-hybridized carbons (Fsp3) is 0.235. The van der Waals surface area contributed by atoms with Gasteiger partial charge < -0.3 is 16.0 Å². The number of anilines is 3. The molecular weight excluding hydrogens is 298 g/mol. The van der Waals surface area contributed by atoms with Crippen LogP contribution in [-0.2, 0) is 0 Å². The molecule has 0 spiro atoms. The molecule has 3 rings (SSSR count). The third-order valence-corrected chi connectivity index (χ3v) is 4.05. The average molecular weight is 316 g/mol. The van der Waals surface area contributed by atoms with Crippen LogP contribution in [0.25, 0.3) is 0 Å². The van der Waals surface area contributed by atoms with Crippen LogP contribution in [0, 0.1) is 0 Å². The third kappa shape index (κ3) is 3.17. The molecule has 22 heavy (non-hydrogen) atoms. The SMILES string of the molecule is Nc1cc(NC(=O)c2cccc(Cl)c2)ccc1N1CCCC1. The molecule has 2 aromatic carbocycles. The number of nitrogen functional groups attached to an aromatic ring is 1. The second-order valence-corrected chi connectivity index (χ2v) is 5.87. The standard InChI is InChI=1S/C17H18ClN3O/c18-13-5-3-4-12(10-13)17(22)20-14-6-7-16(15(19)11-14)21-8-1-2-9-21/h3-7,10-11H,1-2,8-9,19H2,(H,20,22). The maximum Gasteiger partial charge on any atom is 0.255 e. The molecule has 5 heteroatoms. The molecule has 4 nitrogen and oxygen atoms in total. The molecule has 1 amide bonds. The smallest absolute Gasteiger partial charge is 0.255 e. The molecular formula is C17H18ClN3O. The van der Waals surface area contributed by atoms with Crippen molar-refractivity contribution in [3.8, 4) is 0 Å². The summed E-state index contributed by atoms with van der Waals surface area (Å²) in [6.45, 7) is 2.08. The van der Waals surface area contributed by atoms with Gasteiger partial charge in [-0.3, -0.25) is 4.79 Å². The Bertz CT molecular complexity index is 696. The molecule has 1 heterocycles. The predicted molar refractivity (Wildman–Crippen MR) is 91.7 cm³/mol. The highest BCUT2D eigenvalue weighted by Gasteiger charge is 2.15. The zero-order valence-electron chi connectivity index (χ0n) is 12.2. The van der Waals surface area contributed by atoms with Crippen molar-refractivity contribution in [1.29, 1.82) is 0 Å². The van der Waals surface area contributed by atoms with Gasteiger partial charge in [0.15, 0.2) is 0 Å². The van der Waals surface area contributed by atoms with Crippen LogP contribution in [0.4, 0.5) is 17.1 Å². The number of amides is 1. The number of nitrogens with one attached hydrogen (secondary N) is 1. The van der Waals surface area contributed by atoms with Crippen LogP contribution < -0.4 is 16.0 Å². The van der Waals surface area contributed by atoms with Gasteiger partial charge in [0.05, 0.1) is 11.4 Å². The van der Waals surface area contributed by atoms with E-state index < -0.39 is 0 Å². The summed E-state index contributed by atoms with van der Waals surface area (Å²) in [6.07, 6.45) is 2.40. The van der Waals surface area contributed by atoms with Crippen molar-refractivity contribution in [2.45, 2.75) is 12.8 Å². The summed E-state index contributed by atoms with van der Waals surface area (Å²) in [6, 6.07) is 12.5. The molecule has 0 atom stereocenters. The van der Waals surface area contributed by atoms with Gasteiger partial charge in [-0.05, 0) is 49.2 Å². The molecule has 1 aliphatic heterocycles. The van der Waals surface area contributed by atoms with Crippen LogP contribution >= 0.6 is 11.6 Å². The Morgan fingerprint density at radius 2 is 1.91 bits per heavy atom. The van der Waals surface area contributed by atoms with Crippen LogP contribution in [0.15, 0.2) is 42.5 Å². The lowest BCUT2D eigenvalue weighted by Crippen LogP contribution is -2.19. The van der Waals surface area contributed by atoms with Gasteiger partial charge in [-0.15, -0.1) is 0 Å². The minimum absolute atomic E-state index is 0.198. The van der Waals surface area contributed by atoms with E-state index in [-0.39, 0.29) is 5.91 Å². The second kappa shape index (κ2) is 6.28. The molecule has 1 fully saturated rings. The largest absolute Gasteiger partial charge is 0.397 e. The number of hydrogen-bond acceptors (Lipinski definition) is 3. The van der Waals surface area contributed by atoms with Crippen LogP contribution in [0.5, 0.6) is 0 Å². The number of carbonyl (C=O) groups is 1. The van der Waals surface area contributed by atoms with E-state index in [0.29, 0.717) is 22.0 Å². The van der Waals surface area contributed by atoms with Crippen LogP contribution in [0.2, 0.25) is 5.02 Å². The Labute approximate surface area is 134 Å². The topological polar surface area (TPSA) is 58.4 Å². The Morgan fingerprint density at radius 3 is 2.59 bits per heavy atom. The molecule has 1 aliphatic rings. The highest BCUT2D eigenvalue weighted by molar-refractivity contribution is 6.31. The first-order valence-corrected chi connectivity index (χ1v) is 7.73. The third-order valence-electron chi connectivity index (χ3n) is 3.82. The number of rotatable bonds is 3. The first-order chi connectivity index (χ1) is 10.6. The molecule has 0 unspecified atom stereocenters. The number of benzene rings is 2. The number of nitrogens with zero attached hydrogens (tertiary/aromatic N) is 1. The first-order valence-electron chi connectivity index (χ1n) is 7.35.